The largest absolute Gasteiger partial charge is 0.478 e. The second-order valence-corrected chi connectivity index (χ2v) is 5.83. The molecule has 0 saturated carbocycles. The minimum absolute atomic E-state index is 0.290. The highest BCUT2D eigenvalue weighted by atomic mass is 16.4. The van der Waals surface area contributed by atoms with Gasteiger partial charge in [0.15, 0.2) is 0 Å². The highest BCUT2D eigenvalue weighted by Crippen LogP contribution is 2.21. The molecular formula is C21H27NO3. The number of hydrogen-bond donors (Lipinski definition) is 2. The summed E-state index contributed by atoms with van der Waals surface area (Å²) in [6, 6.07) is 6.85. The first-order valence-corrected chi connectivity index (χ1v) is 8.57. The molecule has 134 valence electrons. The lowest BCUT2D eigenvalue weighted by atomic mass is 9.93. The second-order valence-electron chi connectivity index (χ2n) is 5.83. The first-order chi connectivity index (χ1) is 12.1. The van der Waals surface area contributed by atoms with Crippen molar-refractivity contribution in [1.29, 1.82) is 0 Å². The lowest BCUT2D eigenvalue weighted by molar-refractivity contribution is -0.109. The lowest BCUT2D eigenvalue weighted by Gasteiger charge is -2.13. The van der Waals surface area contributed by atoms with Crippen molar-refractivity contribution in [1.82, 2.24) is 5.32 Å². The molecular weight excluding hydrogens is 314 g/mol. The summed E-state index contributed by atoms with van der Waals surface area (Å²) in [5, 5.41) is 11.6. The van der Waals surface area contributed by atoms with E-state index < -0.39 is 5.97 Å². The number of aromatic carboxylic acids is 1. The third-order valence-corrected chi connectivity index (χ3v) is 3.95. The molecule has 1 unspecified atom stereocenters. The van der Waals surface area contributed by atoms with Crippen LogP contribution in [0.15, 0.2) is 54.1 Å². The molecule has 2 N–H and O–H groups in total. The molecule has 0 heterocycles. The lowest BCUT2D eigenvalue weighted by Crippen LogP contribution is -2.13. The van der Waals surface area contributed by atoms with Gasteiger partial charge in [-0.3, -0.25) is 4.79 Å². The van der Waals surface area contributed by atoms with Crippen molar-refractivity contribution in [3.8, 4) is 0 Å². The predicted octanol–water partition coefficient (Wildman–Crippen LogP) is 4.45. The van der Waals surface area contributed by atoms with Gasteiger partial charge in [-0.05, 0) is 56.7 Å². The summed E-state index contributed by atoms with van der Waals surface area (Å²) in [6.07, 6.45) is 14.0. The molecule has 4 nitrogen and oxygen atoms in total. The van der Waals surface area contributed by atoms with Crippen LogP contribution in [0.25, 0.3) is 6.08 Å². The van der Waals surface area contributed by atoms with Crippen LogP contribution in [0.4, 0.5) is 0 Å². The average Bonchev–Trinajstić information content (AvgIpc) is 2.62. The van der Waals surface area contributed by atoms with E-state index >= 15 is 0 Å². The number of amides is 1. The summed E-state index contributed by atoms with van der Waals surface area (Å²) in [6.45, 7) is 4.72. The monoisotopic (exact) mass is 341 g/mol. The fourth-order valence-corrected chi connectivity index (χ4v) is 2.57. The maximum Gasteiger partial charge on any atom is 0.335 e. The molecule has 0 saturated heterocycles. The Morgan fingerprint density at radius 3 is 2.52 bits per heavy atom. The van der Waals surface area contributed by atoms with Crippen LogP contribution in [-0.2, 0) is 4.79 Å². The van der Waals surface area contributed by atoms with E-state index in [1.807, 2.05) is 38.1 Å². The molecule has 1 aromatic rings. The van der Waals surface area contributed by atoms with Gasteiger partial charge in [-0.1, -0.05) is 48.1 Å². The standard InChI is InChI=1S/C21H27NO3/c1-3-6-17(4-2)15-19(7-5-14-22-16-23)9-8-18-10-12-20(13-11-18)21(24)25/h3-4,6,8-13,16,19H,5,7,14-15H2,1-2H3,(H,22,23)(H,24,25)/b6-3-,9-8+,17-4+. The Hall–Kier alpha value is -2.62. The van der Waals surface area contributed by atoms with Crippen molar-refractivity contribution in [2.24, 2.45) is 5.92 Å². The highest BCUT2D eigenvalue weighted by Gasteiger charge is 2.07. The number of carboxylic acids is 1. The van der Waals surface area contributed by atoms with Gasteiger partial charge in [0, 0.05) is 6.54 Å². The van der Waals surface area contributed by atoms with E-state index in [1.54, 1.807) is 12.1 Å². The number of nitrogens with one attached hydrogen (secondary N) is 1. The number of rotatable bonds is 11. The van der Waals surface area contributed by atoms with E-state index in [2.05, 4.69) is 23.5 Å². The third-order valence-electron chi connectivity index (χ3n) is 3.95. The number of benzene rings is 1. The Labute approximate surface area is 150 Å². The number of hydrogen-bond acceptors (Lipinski definition) is 2. The quantitative estimate of drug-likeness (QED) is 0.355. The van der Waals surface area contributed by atoms with Gasteiger partial charge in [-0.25, -0.2) is 4.79 Å². The Balaban J connectivity index is 2.78. The Morgan fingerprint density at radius 1 is 1.24 bits per heavy atom. The van der Waals surface area contributed by atoms with Crippen LogP contribution in [0, 0.1) is 5.92 Å². The SMILES string of the molecule is C/C=C\C(=C/C)CC(/C=C/c1ccc(C(=O)O)cc1)CCCNC=O. The van der Waals surface area contributed by atoms with Crippen molar-refractivity contribution in [2.75, 3.05) is 6.54 Å². The smallest absolute Gasteiger partial charge is 0.335 e. The fraction of sp³-hybridized carbons (Fsp3) is 0.333. The van der Waals surface area contributed by atoms with Gasteiger partial charge in [-0.2, -0.15) is 0 Å². The molecule has 1 aromatic carbocycles. The molecule has 0 aromatic heterocycles. The Bertz CT molecular complexity index is 627. The molecule has 4 heteroatoms. The van der Waals surface area contributed by atoms with Gasteiger partial charge in [0.05, 0.1) is 5.56 Å². The van der Waals surface area contributed by atoms with E-state index in [9.17, 15) is 9.59 Å². The zero-order chi connectivity index (χ0) is 18.5. The molecule has 0 bridgehead atoms. The summed E-state index contributed by atoms with van der Waals surface area (Å²) in [4.78, 5) is 21.3. The van der Waals surface area contributed by atoms with Gasteiger partial charge in [0.1, 0.15) is 0 Å². The molecule has 1 rings (SSSR count). The summed E-state index contributed by atoms with van der Waals surface area (Å²) < 4.78 is 0. The van der Waals surface area contributed by atoms with Crippen LogP contribution < -0.4 is 5.32 Å². The van der Waals surface area contributed by atoms with Crippen LogP contribution in [0.3, 0.4) is 0 Å². The van der Waals surface area contributed by atoms with Gasteiger partial charge < -0.3 is 10.4 Å². The molecule has 0 fully saturated rings. The predicted molar refractivity (Wildman–Crippen MR) is 102 cm³/mol. The van der Waals surface area contributed by atoms with E-state index in [0.29, 0.717) is 12.5 Å². The number of allylic oxidation sites excluding steroid dienone is 5. The van der Waals surface area contributed by atoms with Crippen LogP contribution in [-0.4, -0.2) is 24.0 Å². The van der Waals surface area contributed by atoms with Crippen molar-refractivity contribution in [3.63, 3.8) is 0 Å². The summed E-state index contributed by atoms with van der Waals surface area (Å²) in [5.74, 6) is -0.560. The van der Waals surface area contributed by atoms with E-state index in [4.69, 9.17) is 5.11 Å². The molecule has 1 atom stereocenters. The van der Waals surface area contributed by atoms with Gasteiger partial charge in [0.2, 0.25) is 6.41 Å². The fourth-order valence-electron chi connectivity index (χ4n) is 2.57. The highest BCUT2D eigenvalue weighted by molar-refractivity contribution is 5.87. The van der Waals surface area contributed by atoms with E-state index in [1.165, 1.54) is 5.57 Å². The molecule has 0 aliphatic carbocycles. The summed E-state index contributed by atoms with van der Waals surface area (Å²) >= 11 is 0. The van der Waals surface area contributed by atoms with Crippen LogP contribution in [0.1, 0.15) is 49.0 Å². The molecule has 0 spiro atoms. The zero-order valence-corrected chi connectivity index (χ0v) is 14.9. The first-order valence-electron chi connectivity index (χ1n) is 8.57. The molecule has 0 aliphatic heterocycles. The normalized spacial score (nSPS) is 13.3. The van der Waals surface area contributed by atoms with Gasteiger partial charge in [0.25, 0.3) is 0 Å². The zero-order valence-electron chi connectivity index (χ0n) is 14.9. The minimum atomic E-state index is -0.917. The third kappa shape index (κ3) is 8.15. The second kappa shape index (κ2) is 11.8. The molecule has 25 heavy (non-hydrogen) atoms. The van der Waals surface area contributed by atoms with Crippen molar-refractivity contribution in [2.45, 2.75) is 33.1 Å². The Kier molecular flexibility index (Phi) is 9.68. The number of carbonyl (C=O) groups is 2. The van der Waals surface area contributed by atoms with Crippen LogP contribution in [0.5, 0.6) is 0 Å². The summed E-state index contributed by atoms with van der Waals surface area (Å²) in [5.41, 5.74) is 2.55. The van der Waals surface area contributed by atoms with Gasteiger partial charge in [-0.15, -0.1) is 0 Å². The Morgan fingerprint density at radius 2 is 1.96 bits per heavy atom. The average molecular weight is 341 g/mol. The van der Waals surface area contributed by atoms with E-state index in [0.717, 1.165) is 31.2 Å². The maximum absolute atomic E-state index is 10.9. The first kappa shape index (κ1) is 20.4. The van der Waals surface area contributed by atoms with Crippen molar-refractivity contribution >= 4 is 18.5 Å². The van der Waals surface area contributed by atoms with Crippen LogP contribution in [0.2, 0.25) is 0 Å². The molecule has 0 radical (unpaired) electrons. The van der Waals surface area contributed by atoms with Crippen LogP contribution >= 0.6 is 0 Å². The van der Waals surface area contributed by atoms with E-state index in [-0.39, 0.29) is 5.56 Å². The van der Waals surface area contributed by atoms with Crippen molar-refractivity contribution < 1.29 is 14.7 Å². The topological polar surface area (TPSA) is 66.4 Å². The van der Waals surface area contributed by atoms with Gasteiger partial charge >= 0.3 is 5.97 Å². The minimum Gasteiger partial charge on any atom is -0.478 e. The van der Waals surface area contributed by atoms with Crippen molar-refractivity contribution in [3.05, 3.63) is 65.3 Å². The summed E-state index contributed by atoms with van der Waals surface area (Å²) in [7, 11) is 0. The number of carboxylic acid groups (broad SMARTS) is 1. The molecule has 1 amide bonds. The molecule has 0 aliphatic rings. The maximum atomic E-state index is 10.9. The number of carbonyl (C=O) groups excluding carboxylic acids is 1.